The molecule has 0 N–H and O–H groups in total. The summed E-state index contributed by atoms with van der Waals surface area (Å²) >= 11 is 6.11. The summed E-state index contributed by atoms with van der Waals surface area (Å²) in [5.41, 5.74) is 2.50. The summed E-state index contributed by atoms with van der Waals surface area (Å²) < 4.78 is 12.5. The number of aryl methyl sites for hydroxylation is 1. The number of benzene rings is 2. The number of nitriles is 1. The molecule has 20 heavy (non-hydrogen) atoms. The van der Waals surface area contributed by atoms with Gasteiger partial charge in [0, 0.05) is 4.90 Å². The van der Waals surface area contributed by atoms with Crippen LogP contribution in [-0.2, 0) is 10.8 Å². The smallest absolute Gasteiger partial charge is 0.110 e. The first-order valence-corrected chi connectivity index (χ1v) is 7.49. The first kappa shape index (κ1) is 14.5. The molecule has 0 spiro atoms. The minimum Gasteiger partial charge on any atom is -0.248 e. The van der Waals surface area contributed by atoms with E-state index in [2.05, 4.69) is 0 Å². The first-order chi connectivity index (χ1) is 9.60. The maximum atomic E-state index is 12.2. The van der Waals surface area contributed by atoms with Gasteiger partial charge in [0.25, 0.3) is 0 Å². The number of nitrogens with zero attached hydrogens (tertiary/aromatic N) is 1. The van der Waals surface area contributed by atoms with Crippen LogP contribution in [0.25, 0.3) is 6.08 Å². The van der Waals surface area contributed by atoms with Crippen molar-refractivity contribution in [3.63, 3.8) is 0 Å². The van der Waals surface area contributed by atoms with Gasteiger partial charge in [-0.25, -0.2) is 4.21 Å². The third kappa shape index (κ3) is 3.57. The van der Waals surface area contributed by atoms with Gasteiger partial charge in [0.15, 0.2) is 0 Å². The zero-order chi connectivity index (χ0) is 14.5. The molecule has 1 atom stereocenters. The van der Waals surface area contributed by atoms with Crippen LogP contribution in [0.2, 0.25) is 0 Å². The van der Waals surface area contributed by atoms with Gasteiger partial charge in [0.1, 0.15) is 4.36 Å². The van der Waals surface area contributed by atoms with Crippen LogP contribution < -0.4 is 0 Å². The van der Waals surface area contributed by atoms with Crippen molar-refractivity contribution in [2.24, 2.45) is 0 Å². The fraction of sp³-hybridized carbons (Fsp3) is 0.0625. The van der Waals surface area contributed by atoms with Gasteiger partial charge in [0.2, 0.25) is 0 Å². The van der Waals surface area contributed by atoms with Crippen LogP contribution in [0.3, 0.4) is 0 Å². The first-order valence-electron chi connectivity index (χ1n) is 5.96. The second-order valence-electron chi connectivity index (χ2n) is 4.26. The number of hydrogen-bond donors (Lipinski definition) is 0. The molecular weight excluding hydrogens is 290 g/mol. The maximum Gasteiger partial charge on any atom is 0.110 e. The fourth-order valence-electron chi connectivity index (χ4n) is 1.61. The largest absolute Gasteiger partial charge is 0.248 e. The zero-order valence-electron chi connectivity index (χ0n) is 10.8. The van der Waals surface area contributed by atoms with Crippen molar-refractivity contribution in [2.45, 2.75) is 11.8 Å². The summed E-state index contributed by atoms with van der Waals surface area (Å²) in [6, 6.07) is 16.4. The molecular formula is C16H12ClNOS. The van der Waals surface area contributed by atoms with E-state index in [1.54, 1.807) is 42.5 Å². The Balaban J connectivity index is 2.23. The average molecular weight is 302 g/mol. The van der Waals surface area contributed by atoms with Crippen molar-refractivity contribution in [2.75, 3.05) is 0 Å². The van der Waals surface area contributed by atoms with Crippen LogP contribution in [0.15, 0.2) is 57.8 Å². The van der Waals surface area contributed by atoms with Gasteiger partial charge < -0.3 is 0 Å². The zero-order valence-corrected chi connectivity index (χ0v) is 12.4. The van der Waals surface area contributed by atoms with Crippen molar-refractivity contribution in [3.8, 4) is 6.07 Å². The maximum absolute atomic E-state index is 12.2. The molecule has 0 fully saturated rings. The molecule has 0 saturated heterocycles. The normalized spacial score (nSPS) is 12.8. The Morgan fingerprint density at radius 3 is 2.30 bits per heavy atom. The highest BCUT2D eigenvalue weighted by atomic mass is 35.5. The summed E-state index contributed by atoms with van der Waals surface area (Å²) in [5, 5.41) is 8.73. The third-order valence-corrected chi connectivity index (χ3v) is 4.43. The van der Waals surface area contributed by atoms with E-state index in [-0.39, 0.29) is 4.36 Å². The lowest BCUT2D eigenvalue weighted by Gasteiger charge is -2.02. The molecule has 0 saturated carbocycles. The van der Waals surface area contributed by atoms with Gasteiger partial charge in [-0.3, -0.25) is 0 Å². The van der Waals surface area contributed by atoms with Crippen molar-refractivity contribution < 1.29 is 4.21 Å². The van der Waals surface area contributed by atoms with Crippen LogP contribution in [0, 0.1) is 18.3 Å². The third-order valence-electron chi connectivity index (χ3n) is 2.73. The molecule has 4 heteroatoms. The minimum absolute atomic E-state index is 0.263. The summed E-state index contributed by atoms with van der Waals surface area (Å²) in [6.45, 7) is 1.97. The van der Waals surface area contributed by atoms with Crippen molar-refractivity contribution in [1.82, 2.24) is 0 Å². The Labute approximate surface area is 125 Å². The molecule has 1 unspecified atom stereocenters. The second-order valence-corrected chi connectivity index (χ2v) is 6.34. The molecule has 0 aliphatic carbocycles. The van der Waals surface area contributed by atoms with Crippen molar-refractivity contribution in [1.29, 1.82) is 5.26 Å². The van der Waals surface area contributed by atoms with Crippen LogP contribution in [0.4, 0.5) is 0 Å². The Morgan fingerprint density at radius 2 is 1.75 bits per heavy atom. The average Bonchev–Trinajstić information content (AvgIpc) is 2.48. The molecule has 100 valence electrons. The van der Waals surface area contributed by atoms with E-state index in [1.807, 2.05) is 25.1 Å². The quantitative estimate of drug-likeness (QED) is 0.852. The van der Waals surface area contributed by atoms with E-state index in [0.29, 0.717) is 10.5 Å². The molecule has 2 nitrogen and oxygen atoms in total. The molecule has 0 aliphatic heterocycles. The lowest BCUT2D eigenvalue weighted by atomic mass is 10.1. The van der Waals surface area contributed by atoms with Gasteiger partial charge in [-0.1, -0.05) is 41.4 Å². The molecule has 0 aromatic heterocycles. The molecule has 0 heterocycles. The van der Waals surface area contributed by atoms with Crippen molar-refractivity contribution >= 4 is 28.5 Å². The monoisotopic (exact) mass is 301 g/mol. The predicted molar refractivity (Wildman–Crippen MR) is 82.6 cm³/mol. The van der Waals surface area contributed by atoms with Gasteiger partial charge in [-0.05, 0) is 42.8 Å². The van der Waals surface area contributed by atoms with E-state index in [1.165, 1.54) is 0 Å². The molecule has 0 bridgehead atoms. The van der Waals surface area contributed by atoms with Gasteiger partial charge in [-0.15, -0.1) is 0 Å². The summed E-state index contributed by atoms with van der Waals surface area (Å²) in [6.07, 6.45) is 1.65. The lowest BCUT2D eigenvalue weighted by molar-refractivity contribution is 0.688. The van der Waals surface area contributed by atoms with Crippen LogP contribution in [-0.4, -0.2) is 4.21 Å². The molecule has 0 amide bonds. The summed E-state index contributed by atoms with van der Waals surface area (Å²) in [7, 11) is -1.38. The number of hydrogen-bond acceptors (Lipinski definition) is 2. The highest BCUT2D eigenvalue weighted by Crippen LogP contribution is 2.21. The van der Waals surface area contributed by atoms with E-state index >= 15 is 0 Å². The number of rotatable bonds is 3. The van der Waals surface area contributed by atoms with Crippen LogP contribution in [0.1, 0.15) is 16.7 Å². The Bertz CT molecular complexity index is 697. The Hall–Kier alpha value is -1.89. The fourth-order valence-corrected chi connectivity index (χ4v) is 2.86. The molecule has 0 radical (unpaired) electrons. The SMILES string of the molecule is Cc1ccc(S(=O)/C(Cl)=C/c2ccc(C#N)cc2)cc1. The van der Waals surface area contributed by atoms with Gasteiger partial charge in [0.05, 0.1) is 22.4 Å². The van der Waals surface area contributed by atoms with E-state index in [4.69, 9.17) is 16.9 Å². The van der Waals surface area contributed by atoms with Crippen molar-refractivity contribution in [3.05, 3.63) is 69.6 Å². The van der Waals surface area contributed by atoms with Gasteiger partial charge >= 0.3 is 0 Å². The topological polar surface area (TPSA) is 40.9 Å². The summed E-state index contributed by atoms with van der Waals surface area (Å²) in [5.74, 6) is 0. The number of halogens is 1. The summed E-state index contributed by atoms with van der Waals surface area (Å²) in [4.78, 5) is 0.672. The molecule has 2 aromatic rings. The highest BCUT2D eigenvalue weighted by Gasteiger charge is 2.08. The minimum atomic E-state index is -1.38. The van der Waals surface area contributed by atoms with E-state index in [9.17, 15) is 4.21 Å². The molecule has 0 aliphatic rings. The second kappa shape index (κ2) is 6.51. The Morgan fingerprint density at radius 1 is 1.15 bits per heavy atom. The molecule has 2 aromatic carbocycles. The van der Waals surface area contributed by atoms with E-state index < -0.39 is 10.8 Å². The predicted octanol–water partition coefficient (Wildman–Crippen LogP) is 4.21. The lowest BCUT2D eigenvalue weighted by Crippen LogP contribution is -1.91. The van der Waals surface area contributed by atoms with Crippen LogP contribution in [0.5, 0.6) is 0 Å². The van der Waals surface area contributed by atoms with E-state index in [0.717, 1.165) is 11.1 Å². The van der Waals surface area contributed by atoms with Crippen LogP contribution >= 0.6 is 11.6 Å². The Kier molecular flexibility index (Phi) is 4.73. The molecule has 2 rings (SSSR count). The highest BCUT2D eigenvalue weighted by molar-refractivity contribution is 7.91. The standard InChI is InChI=1S/C16H12ClNOS/c1-12-2-8-15(9-3-12)20(19)16(17)10-13-4-6-14(11-18)7-5-13/h2-10H,1H3/b16-10+. The van der Waals surface area contributed by atoms with Gasteiger partial charge in [-0.2, -0.15) is 5.26 Å².